The molecular weight excluding hydrogens is 204 g/mol. The Balaban J connectivity index is 3.03. The minimum Gasteiger partial charge on any atom is -0.493 e. The number of hydrogen-bond acceptors (Lipinski definition) is 3. The van der Waals surface area contributed by atoms with E-state index in [1.165, 1.54) is 0 Å². The predicted molar refractivity (Wildman–Crippen MR) is 63.3 cm³/mol. The van der Waals surface area contributed by atoms with Gasteiger partial charge >= 0.3 is 0 Å². The number of rotatable bonds is 5. The second kappa shape index (κ2) is 5.54. The van der Waals surface area contributed by atoms with Crippen LogP contribution in [0, 0.1) is 5.92 Å². The molecule has 0 amide bonds. The minimum atomic E-state index is 0.0399. The van der Waals surface area contributed by atoms with Gasteiger partial charge in [-0.15, -0.1) is 0 Å². The van der Waals surface area contributed by atoms with E-state index in [0.717, 1.165) is 6.42 Å². The molecule has 16 heavy (non-hydrogen) atoms. The highest BCUT2D eigenvalue weighted by Gasteiger charge is 2.15. The molecule has 0 heterocycles. The molecule has 3 nitrogen and oxygen atoms in total. The fourth-order valence-electron chi connectivity index (χ4n) is 1.46. The van der Waals surface area contributed by atoms with E-state index in [4.69, 9.17) is 9.47 Å². The Kier molecular flexibility index (Phi) is 4.35. The highest BCUT2D eigenvalue weighted by Crippen LogP contribution is 2.28. The molecular formula is C13H18O3. The molecule has 0 unspecified atom stereocenters. The summed E-state index contributed by atoms with van der Waals surface area (Å²) in [6.07, 6.45) is 0.840. The first-order valence-corrected chi connectivity index (χ1v) is 5.40. The molecule has 0 radical (unpaired) electrons. The zero-order chi connectivity index (χ0) is 12.1. The summed E-state index contributed by atoms with van der Waals surface area (Å²) in [4.78, 5) is 11.9. The molecule has 0 saturated carbocycles. The molecule has 0 aromatic heterocycles. The molecule has 0 aliphatic rings. The van der Waals surface area contributed by atoms with Gasteiger partial charge in [-0.1, -0.05) is 13.8 Å². The molecule has 0 saturated heterocycles. The molecule has 1 rings (SSSR count). The number of hydrogen-bond donors (Lipinski definition) is 0. The Hall–Kier alpha value is -1.51. The van der Waals surface area contributed by atoms with Gasteiger partial charge in [0.2, 0.25) is 0 Å². The molecule has 88 valence electrons. The number of ether oxygens (including phenoxy) is 2. The summed E-state index contributed by atoms with van der Waals surface area (Å²) in [5.74, 6) is 1.42. The van der Waals surface area contributed by atoms with E-state index in [2.05, 4.69) is 0 Å². The van der Waals surface area contributed by atoms with Crippen LogP contribution in [0.4, 0.5) is 0 Å². The molecule has 1 aromatic rings. The van der Waals surface area contributed by atoms with Crippen LogP contribution in [-0.4, -0.2) is 20.0 Å². The van der Waals surface area contributed by atoms with Crippen molar-refractivity contribution in [2.45, 2.75) is 20.3 Å². The summed E-state index contributed by atoms with van der Waals surface area (Å²) in [7, 11) is 3.14. The number of carbonyl (C=O) groups excluding carboxylic acids is 1. The summed E-state index contributed by atoms with van der Waals surface area (Å²) < 4.78 is 10.3. The molecule has 0 spiro atoms. The summed E-state index contributed by atoms with van der Waals surface area (Å²) >= 11 is 0. The third-order valence-electron chi connectivity index (χ3n) is 2.73. The number of methoxy groups -OCH3 is 2. The largest absolute Gasteiger partial charge is 0.493 e. The van der Waals surface area contributed by atoms with Gasteiger partial charge in [0, 0.05) is 11.5 Å². The Labute approximate surface area is 96.4 Å². The minimum absolute atomic E-state index is 0.0399. The molecule has 1 atom stereocenters. The van der Waals surface area contributed by atoms with Crippen LogP contribution in [0.15, 0.2) is 18.2 Å². The maximum atomic E-state index is 11.9. The Morgan fingerprint density at radius 2 is 1.88 bits per heavy atom. The van der Waals surface area contributed by atoms with Gasteiger partial charge in [0.25, 0.3) is 0 Å². The standard InChI is InChI=1S/C13H18O3/c1-5-9(2)13(14)10-6-7-11(15-3)12(8-10)16-4/h6-9H,5H2,1-4H3/t9-/m1/s1. The summed E-state index contributed by atoms with van der Waals surface area (Å²) in [6, 6.07) is 5.26. The van der Waals surface area contributed by atoms with Crippen LogP contribution in [0.3, 0.4) is 0 Å². The van der Waals surface area contributed by atoms with Gasteiger partial charge in [0.05, 0.1) is 14.2 Å². The van der Waals surface area contributed by atoms with Crippen LogP contribution in [0.1, 0.15) is 30.6 Å². The van der Waals surface area contributed by atoms with Crippen LogP contribution >= 0.6 is 0 Å². The first-order chi connectivity index (χ1) is 7.63. The number of Topliss-reactive ketones (excluding diaryl/α,β-unsaturated/α-hetero) is 1. The van der Waals surface area contributed by atoms with E-state index >= 15 is 0 Å². The van der Waals surface area contributed by atoms with Crippen molar-refractivity contribution in [3.63, 3.8) is 0 Å². The first kappa shape index (κ1) is 12.6. The monoisotopic (exact) mass is 222 g/mol. The zero-order valence-electron chi connectivity index (χ0n) is 10.2. The average Bonchev–Trinajstić information content (AvgIpc) is 2.35. The van der Waals surface area contributed by atoms with Crippen molar-refractivity contribution in [3.8, 4) is 11.5 Å². The van der Waals surface area contributed by atoms with Crippen molar-refractivity contribution in [2.24, 2.45) is 5.92 Å². The molecule has 0 bridgehead atoms. The predicted octanol–water partition coefficient (Wildman–Crippen LogP) is 2.93. The molecule has 0 fully saturated rings. The number of benzene rings is 1. The summed E-state index contributed by atoms with van der Waals surface area (Å²) in [5.41, 5.74) is 0.673. The summed E-state index contributed by atoms with van der Waals surface area (Å²) in [6.45, 7) is 3.93. The van der Waals surface area contributed by atoms with E-state index in [1.54, 1.807) is 32.4 Å². The van der Waals surface area contributed by atoms with Crippen molar-refractivity contribution in [1.82, 2.24) is 0 Å². The maximum absolute atomic E-state index is 11.9. The Morgan fingerprint density at radius 1 is 1.25 bits per heavy atom. The lowest BCUT2D eigenvalue weighted by atomic mass is 9.97. The van der Waals surface area contributed by atoms with Gasteiger partial charge in [-0.3, -0.25) is 4.79 Å². The van der Waals surface area contributed by atoms with Crippen molar-refractivity contribution in [1.29, 1.82) is 0 Å². The van der Waals surface area contributed by atoms with Gasteiger partial charge in [0.1, 0.15) is 0 Å². The smallest absolute Gasteiger partial charge is 0.165 e. The molecule has 1 aromatic carbocycles. The second-order valence-electron chi connectivity index (χ2n) is 3.74. The van der Waals surface area contributed by atoms with E-state index in [0.29, 0.717) is 17.1 Å². The fraction of sp³-hybridized carbons (Fsp3) is 0.462. The molecule has 3 heteroatoms. The van der Waals surface area contributed by atoms with Gasteiger partial charge in [0.15, 0.2) is 17.3 Å². The van der Waals surface area contributed by atoms with Crippen LogP contribution < -0.4 is 9.47 Å². The van der Waals surface area contributed by atoms with Crippen LogP contribution in [-0.2, 0) is 0 Å². The molecule has 0 N–H and O–H groups in total. The van der Waals surface area contributed by atoms with Crippen LogP contribution in [0.2, 0.25) is 0 Å². The van der Waals surface area contributed by atoms with Crippen molar-refractivity contribution in [3.05, 3.63) is 23.8 Å². The third-order valence-corrected chi connectivity index (χ3v) is 2.73. The fourth-order valence-corrected chi connectivity index (χ4v) is 1.46. The SMILES string of the molecule is CC[C@@H](C)C(=O)c1ccc(OC)c(OC)c1. The number of ketones is 1. The molecule has 0 aliphatic carbocycles. The topological polar surface area (TPSA) is 35.5 Å². The van der Waals surface area contributed by atoms with E-state index in [-0.39, 0.29) is 11.7 Å². The third kappa shape index (κ3) is 2.54. The maximum Gasteiger partial charge on any atom is 0.165 e. The Morgan fingerprint density at radius 3 is 2.38 bits per heavy atom. The highest BCUT2D eigenvalue weighted by molar-refractivity contribution is 5.98. The van der Waals surface area contributed by atoms with E-state index < -0.39 is 0 Å². The Bertz CT molecular complexity index is 371. The number of carbonyl (C=O) groups is 1. The van der Waals surface area contributed by atoms with Crippen LogP contribution in [0.5, 0.6) is 11.5 Å². The van der Waals surface area contributed by atoms with Crippen molar-refractivity contribution < 1.29 is 14.3 Å². The zero-order valence-corrected chi connectivity index (χ0v) is 10.2. The first-order valence-electron chi connectivity index (χ1n) is 5.40. The van der Waals surface area contributed by atoms with Gasteiger partial charge in [-0.05, 0) is 24.6 Å². The van der Waals surface area contributed by atoms with Gasteiger partial charge in [-0.2, -0.15) is 0 Å². The van der Waals surface area contributed by atoms with Crippen molar-refractivity contribution in [2.75, 3.05) is 14.2 Å². The van der Waals surface area contributed by atoms with E-state index in [1.807, 2.05) is 13.8 Å². The lowest BCUT2D eigenvalue weighted by Crippen LogP contribution is -2.10. The lowest BCUT2D eigenvalue weighted by Gasteiger charge is -2.11. The second-order valence-corrected chi connectivity index (χ2v) is 3.74. The lowest BCUT2D eigenvalue weighted by molar-refractivity contribution is 0.0927. The van der Waals surface area contributed by atoms with Gasteiger partial charge in [-0.25, -0.2) is 0 Å². The van der Waals surface area contributed by atoms with E-state index in [9.17, 15) is 4.79 Å². The van der Waals surface area contributed by atoms with Gasteiger partial charge < -0.3 is 9.47 Å². The van der Waals surface area contributed by atoms with Crippen LogP contribution in [0.25, 0.3) is 0 Å². The summed E-state index contributed by atoms with van der Waals surface area (Å²) in [5, 5.41) is 0. The normalized spacial score (nSPS) is 12.0. The average molecular weight is 222 g/mol. The molecule has 0 aliphatic heterocycles. The quantitative estimate of drug-likeness (QED) is 0.718. The van der Waals surface area contributed by atoms with Crippen molar-refractivity contribution >= 4 is 5.78 Å². The highest BCUT2D eigenvalue weighted by atomic mass is 16.5.